The molecule has 0 spiro atoms. The molecule has 1 aliphatic heterocycles. The zero-order valence-corrected chi connectivity index (χ0v) is 11.9. The van der Waals surface area contributed by atoms with Crippen LogP contribution < -0.4 is 5.32 Å². The molecule has 0 saturated carbocycles. The molecule has 2 rings (SSSR count). The van der Waals surface area contributed by atoms with Crippen LogP contribution in [0.5, 0.6) is 0 Å². The van der Waals surface area contributed by atoms with Gasteiger partial charge in [0.2, 0.25) is 5.91 Å². The van der Waals surface area contributed by atoms with Crippen molar-refractivity contribution in [2.45, 2.75) is 25.9 Å². The summed E-state index contributed by atoms with van der Waals surface area (Å²) in [5.41, 5.74) is 0.915. The number of hydrogen-bond acceptors (Lipinski definition) is 5. The van der Waals surface area contributed by atoms with Crippen molar-refractivity contribution in [2.24, 2.45) is 0 Å². The topological polar surface area (TPSA) is 95.7 Å². The highest BCUT2D eigenvalue weighted by molar-refractivity contribution is 5.92. The highest BCUT2D eigenvalue weighted by Gasteiger charge is 2.20. The molecule has 1 aromatic rings. The summed E-state index contributed by atoms with van der Waals surface area (Å²) in [6.07, 6.45) is 0.743. The molecule has 0 aromatic heterocycles. The fourth-order valence-electron chi connectivity index (χ4n) is 2.44. The molecule has 1 heterocycles. The van der Waals surface area contributed by atoms with Crippen molar-refractivity contribution in [3.63, 3.8) is 0 Å². The van der Waals surface area contributed by atoms with Gasteiger partial charge in [-0.3, -0.25) is 14.9 Å². The molecule has 1 aromatic carbocycles. The number of anilines is 1. The second-order valence-electron chi connectivity index (χ2n) is 5.25. The first-order valence-electron chi connectivity index (χ1n) is 6.91. The van der Waals surface area contributed by atoms with Crippen LogP contribution in [0.3, 0.4) is 0 Å². The molecule has 0 unspecified atom stereocenters. The molecular formula is C14H19N3O4. The van der Waals surface area contributed by atoms with Crippen LogP contribution in [0, 0.1) is 17.0 Å². The number of carbonyl (C=O) groups is 1. The standard InChI is InChI=1S/C14H19N3O4/c1-10-12(3-2-4-13(10)17(20)21)15-14(19)6-8-16-7-5-11(18)9-16/h2-4,11,18H,5-9H2,1H3,(H,15,19)/t11-/m0/s1. The summed E-state index contributed by atoms with van der Waals surface area (Å²) in [6.45, 7) is 3.59. The van der Waals surface area contributed by atoms with Crippen LogP contribution in [0.15, 0.2) is 18.2 Å². The van der Waals surface area contributed by atoms with Crippen LogP contribution in [-0.2, 0) is 4.79 Å². The van der Waals surface area contributed by atoms with E-state index in [1.807, 2.05) is 4.90 Å². The molecule has 0 bridgehead atoms. The first-order chi connectivity index (χ1) is 9.97. The monoisotopic (exact) mass is 293 g/mol. The Balaban J connectivity index is 1.91. The van der Waals surface area contributed by atoms with Gasteiger partial charge in [-0.1, -0.05) is 6.07 Å². The number of aliphatic hydroxyl groups excluding tert-OH is 1. The second kappa shape index (κ2) is 6.64. The van der Waals surface area contributed by atoms with Crippen LogP contribution in [0.4, 0.5) is 11.4 Å². The second-order valence-corrected chi connectivity index (χ2v) is 5.25. The Labute approximate surface area is 122 Å². The molecule has 114 valence electrons. The summed E-state index contributed by atoms with van der Waals surface area (Å²) >= 11 is 0. The number of aliphatic hydroxyl groups is 1. The molecule has 1 aliphatic rings. The van der Waals surface area contributed by atoms with Crippen molar-refractivity contribution < 1.29 is 14.8 Å². The summed E-state index contributed by atoms with van der Waals surface area (Å²) in [5, 5.41) is 23.0. The lowest BCUT2D eigenvalue weighted by atomic mass is 10.1. The third-order valence-electron chi connectivity index (χ3n) is 3.68. The van der Waals surface area contributed by atoms with Crippen molar-refractivity contribution in [2.75, 3.05) is 25.0 Å². The number of likely N-dealkylation sites (tertiary alicyclic amines) is 1. The predicted octanol–water partition coefficient (Wildman–Crippen LogP) is 1.30. The lowest BCUT2D eigenvalue weighted by molar-refractivity contribution is -0.385. The minimum absolute atomic E-state index is 0.00420. The highest BCUT2D eigenvalue weighted by Crippen LogP contribution is 2.25. The van der Waals surface area contributed by atoms with Crippen LogP contribution >= 0.6 is 0 Å². The van der Waals surface area contributed by atoms with Gasteiger partial charge in [0.25, 0.3) is 5.69 Å². The van der Waals surface area contributed by atoms with Gasteiger partial charge in [-0.05, 0) is 19.4 Å². The zero-order valence-electron chi connectivity index (χ0n) is 11.9. The first-order valence-corrected chi connectivity index (χ1v) is 6.91. The molecule has 1 fully saturated rings. The minimum Gasteiger partial charge on any atom is -0.392 e. The van der Waals surface area contributed by atoms with Gasteiger partial charge >= 0.3 is 0 Å². The number of hydrogen-bond donors (Lipinski definition) is 2. The van der Waals surface area contributed by atoms with E-state index in [-0.39, 0.29) is 17.7 Å². The number of β-amino-alcohol motifs (C(OH)–C–C–N with tert-alkyl or cyclic N) is 1. The van der Waals surface area contributed by atoms with E-state index < -0.39 is 4.92 Å². The molecule has 1 saturated heterocycles. The molecule has 21 heavy (non-hydrogen) atoms. The third-order valence-corrected chi connectivity index (χ3v) is 3.68. The van der Waals surface area contributed by atoms with Crippen molar-refractivity contribution in [1.29, 1.82) is 0 Å². The van der Waals surface area contributed by atoms with Crippen LogP contribution in [0.1, 0.15) is 18.4 Å². The molecule has 7 nitrogen and oxygen atoms in total. The van der Waals surface area contributed by atoms with Crippen molar-refractivity contribution in [3.05, 3.63) is 33.9 Å². The summed E-state index contributed by atoms with van der Waals surface area (Å²) in [5.74, 6) is -0.181. The number of nitro groups is 1. The average Bonchev–Trinajstić information content (AvgIpc) is 2.84. The maximum Gasteiger partial charge on any atom is 0.274 e. The summed E-state index contributed by atoms with van der Waals surface area (Å²) in [6, 6.07) is 4.62. The summed E-state index contributed by atoms with van der Waals surface area (Å²) in [7, 11) is 0. The highest BCUT2D eigenvalue weighted by atomic mass is 16.6. The van der Waals surface area contributed by atoms with Crippen LogP contribution in [-0.4, -0.2) is 46.6 Å². The van der Waals surface area contributed by atoms with Crippen molar-refractivity contribution in [1.82, 2.24) is 4.90 Å². The molecule has 7 heteroatoms. The summed E-state index contributed by atoms with van der Waals surface area (Å²) < 4.78 is 0. The van der Waals surface area contributed by atoms with E-state index in [1.54, 1.807) is 19.1 Å². The molecule has 1 amide bonds. The maximum atomic E-state index is 11.9. The quantitative estimate of drug-likeness (QED) is 0.630. The molecule has 1 atom stereocenters. The number of rotatable bonds is 5. The number of nitro benzene ring substituents is 1. The Morgan fingerprint density at radius 1 is 1.57 bits per heavy atom. The Morgan fingerprint density at radius 2 is 2.33 bits per heavy atom. The summed E-state index contributed by atoms with van der Waals surface area (Å²) in [4.78, 5) is 24.3. The smallest absolute Gasteiger partial charge is 0.274 e. The number of benzene rings is 1. The van der Waals surface area contributed by atoms with Gasteiger partial charge in [-0.25, -0.2) is 0 Å². The van der Waals surface area contributed by atoms with Crippen LogP contribution in [0.25, 0.3) is 0 Å². The number of carbonyl (C=O) groups excluding carboxylic acids is 1. The Hall–Kier alpha value is -1.99. The fourth-order valence-corrected chi connectivity index (χ4v) is 2.44. The van der Waals surface area contributed by atoms with Gasteiger partial charge in [-0.2, -0.15) is 0 Å². The van der Waals surface area contributed by atoms with Crippen molar-refractivity contribution in [3.8, 4) is 0 Å². The van der Waals surface area contributed by atoms with E-state index in [0.29, 0.717) is 30.8 Å². The van der Waals surface area contributed by atoms with Gasteiger partial charge < -0.3 is 15.3 Å². The molecular weight excluding hydrogens is 274 g/mol. The minimum atomic E-state index is -0.462. The lowest BCUT2D eigenvalue weighted by Crippen LogP contribution is -2.26. The number of amides is 1. The van der Waals surface area contributed by atoms with Crippen LogP contribution in [0.2, 0.25) is 0 Å². The van der Waals surface area contributed by atoms with Gasteiger partial charge in [0.1, 0.15) is 0 Å². The first kappa shape index (κ1) is 15.4. The lowest BCUT2D eigenvalue weighted by Gasteiger charge is -2.14. The van der Waals surface area contributed by atoms with E-state index in [0.717, 1.165) is 13.0 Å². The fraction of sp³-hybridized carbons (Fsp3) is 0.500. The van der Waals surface area contributed by atoms with E-state index in [9.17, 15) is 20.0 Å². The maximum absolute atomic E-state index is 11.9. The molecule has 0 aliphatic carbocycles. The molecule has 0 radical (unpaired) electrons. The largest absolute Gasteiger partial charge is 0.392 e. The van der Waals surface area contributed by atoms with Gasteiger partial charge in [0.15, 0.2) is 0 Å². The Morgan fingerprint density at radius 3 is 2.95 bits per heavy atom. The zero-order chi connectivity index (χ0) is 15.4. The van der Waals surface area contributed by atoms with E-state index >= 15 is 0 Å². The van der Waals surface area contributed by atoms with E-state index in [4.69, 9.17) is 0 Å². The molecule has 2 N–H and O–H groups in total. The Kier molecular flexibility index (Phi) is 4.87. The van der Waals surface area contributed by atoms with Gasteiger partial charge in [0, 0.05) is 32.1 Å². The third kappa shape index (κ3) is 3.99. The predicted molar refractivity (Wildman–Crippen MR) is 78.1 cm³/mol. The van der Waals surface area contributed by atoms with E-state index in [1.165, 1.54) is 6.07 Å². The van der Waals surface area contributed by atoms with E-state index in [2.05, 4.69) is 5.32 Å². The number of nitrogens with one attached hydrogen (secondary N) is 1. The normalized spacial score (nSPS) is 18.7. The van der Waals surface area contributed by atoms with Gasteiger partial charge in [-0.15, -0.1) is 0 Å². The average molecular weight is 293 g/mol. The SMILES string of the molecule is Cc1c(NC(=O)CCN2CC[C@H](O)C2)cccc1[N+](=O)[O-]. The number of nitrogens with zero attached hydrogens (tertiary/aromatic N) is 2. The van der Waals surface area contributed by atoms with Crippen molar-refractivity contribution >= 4 is 17.3 Å². The Bertz CT molecular complexity index is 547. The van der Waals surface area contributed by atoms with Gasteiger partial charge in [0.05, 0.1) is 22.3 Å².